The van der Waals surface area contributed by atoms with Crippen LogP contribution < -0.4 is 24.6 Å². The van der Waals surface area contributed by atoms with Crippen LogP contribution in [0.4, 0.5) is 11.4 Å². The summed E-state index contributed by atoms with van der Waals surface area (Å²) < 4.78 is 11.6. The normalized spacial score (nSPS) is 27.0. The molecule has 4 unspecified atom stereocenters. The number of fused-ring (bicyclic) bond motifs is 9. The number of anilines is 2. The molecule has 3 aromatic carbocycles. The number of nitrogens with zero attached hydrogens (tertiary/aromatic N) is 1. The molecule has 3 amide bonds. The van der Waals surface area contributed by atoms with Gasteiger partial charge >= 0.3 is 4.87 Å². The number of ether oxygens (including phenoxy) is 2. The van der Waals surface area contributed by atoms with Crippen molar-refractivity contribution in [1.29, 1.82) is 0 Å². The van der Waals surface area contributed by atoms with E-state index in [1.807, 2.05) is 74.5 Å². The summed E-state index contributed by atoms with van der Waals surface area (Å²) in [6.07, 6.45) is 0.807. The number of benzene rings is 3. The summed E-state index contributed by atoms with van der Waals surface area (Å²) in [5.41, 5.74) is 4.43. The van der Waals surface area contributed by atoms with Crippen LogP contribution in [0.1, 0.15) is 33.9 Å². The Labute approximate surface area is 279 Å². The molecular weight excluding hydrogens is 635 g/mol. The number of imide groups is 1. The maximum absolute atomic E-state index is 14.0. The highest BCUT2D eigenvalue weighted by atomic mass is 32.2. The second kappa shape index (κ2) is 11.4. The number of methoxy groups -OCH3 is 1. The van der Waals surface area contributed by atoms with Crippen LogP contribution in [0.15, 0.2) is 76.6 Å². The summed E-state index contributed by atoms with van der Waals surface area (Å²) >= 11 is 2.87. The van der Waals surface area contributed by atoms with Crippen molar-refractivity contribution in [3.05, 3.63) is 98.0 Å². The van der Waals surface area contributed by atoms with E-state index >= 15 is 0 Å². The first kappa shape index (κ1) is 30.0. The average Bonchev–Trinajstić information content (AvgIpc) is 3.80. The van der Waals surface area contributed by atoms with E-state index in [2.05, 4.69) is 10.3 Å². The number of hydrogen-bond donors (Lipinski definition) is 2. The highest BCUT2D eigenvalue weighted by Crippen LogP contribution is 2.68. The van der Waals surface area contributed by atoms with Crippen molar-refractivity contribution >= 4 is 52.2 Å². The topological polar surface area (TPSA) is 118 Å². The van der Waals surface area contributed by atoms with Gasteiger partial charge in [0.05, 0.1) is 29.7 Å². The largest absolute Gasteiger partial charge is 0.493 e. The van der Waals surface area contributed by atoms with Crippen molar-refractivity contribution < 1.29 is 23.9 Å². The van der Waals surface area contributed by atoms with Crippen LogP contribution in [0, 0.1) is 43.4 Å². The summed E-state index contributed by atoms with van der Waals surface area (Å²) in [6.45, 7) is 3.77. The lowest BCUT2D eigenvalue weighted by Crippen LogP contribution is -2.42. The molecule has 7 atom stereocenters. The van der Waals surface area contributed by atoms with Gasteiger partial charge in [0.1, 0.15) is 0 Å². The molecule has 3 fully saturated rings. The van der Waals surface area contributed by atoms with Crippen LogP contribution in [0.2, 0.25) is 0 Å². The van der Waals surface area contributed by atoms with Gasteiger partial charge < -0.3 is 19.8 Å². The molecular formula is C36H33N3O6S2. The quantitative estimate of drug-likeness (QED) is 0.241. The average molecular weight is 668 g/mol. The number of aromatic amines is 1. The van der Waals surface area contributed by atoms with E-state index in [-0.39, 0.29) is 70.0 Å². The van der Waals surface area contributed by atoms with E-state index in [1.165, 1.54) is 16.2 Å². The molecule has 0 spiro atoms. The standard InChI is InChI=1S/C36H33N3O6S2/c1-17-4-9-20(10-5-17)37-26(40)16-45-24-13-8-19(14-25(24)44-3)27-28-22-15-23(31(28)46-33-32(27)47-36(43)38-33)30-29(22)34(41)39(35(30)42)21-11-6-18(2)7-12-21/h4-14,22-23,27-31H,15-16H2,1-3H3,(H,37,40)(H,38,43)/t22-,23-,27-,28?,29?,30?,31?/m1/s1. The molecule has 2 N–H and O–H groups in total. The first-order valence-electron chi connectivity index (χ1n) is 15.7. The van der Waals surface area contributed by atoms with Gasteiger partial charge in [0.2, 0.25) is 11.8 Å². The van der Waals surface area contributed by atoms with Crippen LogP contribution in [-0.2, 0) is 14.4 Å². The van der Waals surface area contributed by atoms with Gasteiger partial charge in [-0.25, -0.2) is 0 Å². The second-order valence-corrected chi connectivity index (χ2v) is 15.1. The number of nitrogens with one attached hydrogen (secondary N) is 2. The Morgan fingerprint density at radius 2 is 1.60 bits per heavy atom. The number of thioether (sulfide) groups is 1. The minimum Gasteiger partial charge on any atom is -0.493 e. The Morgan fingerprint density at radius 1 is 0.915 bits per heavy atom. The van der Waals surface area contributed by atoms with E-state index in [1.54, 1.807) is 24.9 Å². The van der Waals surface area contributed by atoms with Crippen molar-refractivity contribution in [2.45, 2.75) is 36.5 Å². The lowest BCUT2D eigenvalue weighted by molar-refractivity contribution is -0.123. The number of aryl methyl sites for hydroxylation is 2. The molecule has 2 saturated carbocycles. The summed E-state index contributed by atoms with van der Waals surface area (Å²) in [5, 5.41) is 3.76. The van der Waals surface area contributed by atoms with Crippen molar-refractivity contribution in [3.8, 4) is 11.5 Å². The Balaban J connectivity index is 1.09. The molecule has 11 heteroatoms. The Kier molecular flexibility index (Phi) is 7.29. The molecule has 8 rings (SSSR count). The third-order valence-corrected chi connectivity index (χ3v) is 12.8. The molecule has 2 aliphatic heterocycles. The number of hydrogen-bond acceptors (Lipinski definition) is 8. The third-order valence-electron chi connectivity index (χ3n) is 10.3. The number of rotatable bonds is 7. The highest BCUT2D eigenvalue weighted by molar-refractivity contribution is 8.00. The van der Waals surface area contributed by atoms with Gasteiger partial charge in [-0.1, -0.05) is 52.8 Å². The summed E-state index contributed by atoms with van der Waals surface area (Å²) in [7, 11) is 1.56. The number of thiazole rings is 1. The highest BCUT2D eigenvalue weighted by Gasteiger charge is 2.69. The minimum absolute atomic E-state index is 0.00265. The van der Waals surface area contributed by atoms with Gasteiger partial charge in [-0.05, 0) is 80.0 Å². The number of H-pyrrole nitrogens is 1. The fraction of sp³-hybridized carbons (Fsp3) is 0.333. The smallest absolute Gasteiger partial charge is 0.305 e. The molecule has 240 valence electrons. The van der Waals surface area contributed by atoms with E-state index in [4.69, 9.17) is 9.47 Å². The molecule has 4 aromatic rings. The summed E-state index contributed by atoms with van der Waals surface area (Å²) in [6, 6.07) is 20.8. The summed E-state index contributed by atoms with van der Waals surface area (Å²) in [5.74, 6) is -0.430. The molecule has 1 saturated heterocycles. The molecule has 2 bridgehead atoms. The van der Waals surface area contributed by atoms with Gasteiger partial charge in [-0.3, -0.25) is 24.1 Å². The molecule has 9 nitrogen and oxygen atoms in total. The summed E-state index contributed by atoms with van der Waals surface area (Å²) in [4.78, 5) is 58.5. The zero-order valence-corrected chi connectivity index (χ0v) is 27.7. The predicted molar refractivity (Wildman–Crippen MR) is 180 cm³/mol. The molecule has 4 aliphatic rings. The van der Waals surface area contributed by atoms with Gasteiger partial charge in [0.25, 0.3) is 5.91 Å². The van der Waals surface area contributed by atoms with Crippen molar-refractivity contribution in [1.82, 2.24) is 4.98 Å². The van der Waals surface area contributed by atoms with Crippen molar-refractivity contribution in [2.24, 2.45) is 29.6 Å². The van der Waals surface area contributed by atoms with Gasteiger partial charge in [-0.15, -0.1) is 11.8 Å². The van der Waals surface area contributed by atoms with E-state index in [0.29, 0.717) is 22.9 Å². The van der Waals surface area contributed by atoms with E-state index in [9.17, 15) is 19.2 Å². The predicted octanol–water partition coefficient (Wildman–Crippen LogP) is 5.76. The third kappa shape index (κ3) is 4.90. The number of amides is 3. The Hall–Kier alpha value is -4.35. The van der Waals surface area contributed by atoms with E-state index < -0.39 is 0 Å². The fourth-order valence-electron chi connectivity index (χ4n) is 8.31. The van der Waals surface area contributed by atoms with Crippen LogP contribution in [0.5, 0.6) is 11.5 Å². The van der Waals surface area contributed by atoms with Crippen LogP contribution in [0.25, 0.3) is 0 Å². The van der Waals surface area contributed by atoms with Crippen LogP contribution >= 0.6 is 23.1 Å². The minimum atomic E-state index is -0.382. The van der Waals surface area contributed by atoms with E-state index in [0.717, 1.165) is 33.0 Å². The van der Waals surface area contributed by atoms with Crippen LogP contribution in [0.3, 0.4) is 0 Å². The van der Waals surface area contributed by atoms with Crippen LogP contribution in [-0.4, -0.2) is 41.7 Å². The maximum Gasteiger partial charge on any atom is 0.305 e. The first-order valence-corrected chi connectivity index (χ1v) is 17.4. The van der Waals surface area contributed by atoms with Crippen molar-refractivity contribution in [2.75, 3.05) is 23.9 Å². The Bertz CT molecular complexity index is 1970. The molecule has 2 aliphatic carbocycles. The van der Waals surface area contributed by atoms with Gasteiger partial charge in [0.15, 0.2) is 18.1 Å². The fourth-order valence-corrected chi connectivity index (χ4v) is 11.2. The maximum atomic E-state index is 14.0. The Morgan fingerprint density at radius 3 is 2.30 bits per heavy atom. The molecule has 47 heavy (non-hydrogen) atoms. The number of carbonyl (C=O) groups excluding carboxylic acids is 3. The number of carbonyl (C=O) groups is 3. The van der Waals surface area contributed by atoms with Gasteiger partial charge in [0, 0.05) is 21.7 Å². The van der Waals surface area contributed by atoms with Gasteiger partial charge in [-0.2, -0.15) is 0 Å². The molecule has 3 heterocycles. The van der Waals surface area contributed by atoms with Crippen molar-refractivity contribution in [3.63, 3.8) is 0 Å². The number of aromatic nitrogens is 1. The molecule has 1 aromatic heterocycles. The molecule has 0 radical (unpaired) electrons. The zero-order valence-electron chi connectivity index (χ0n) is 26.0. The SMILES string of the molecule is COc1cc([C@H]2c3sc(=O)[nH]c3SC3C2[C@H]2C[C@@H]3C3C(=O)N(c4ccc(C)cc4)C(=O)C32)ccc1OCC(=O)Nc1ccc(C)cc1. The first-order chi connectivity index (χ1) is 22.7. The lowest BCUT2D eigenvalue weighted by atomic mass is 9.68. The lowest BCUT2D eigenvalue weighted by Gasteiger charge is -2.43. The zero-order chi connectivity index (χ0) is 32.6. The monoisotopic (exact) mass is 667 g/mol. The second-order valence-electron chi connectivity index (χ2n) is 12.9.